The summed E-state index contributed by atoms with van der Waals surface area (Å²) in [5.74, 6) is 0.124. The van der Waals surface area contributed by atoms with Gasteiger partial charge in [0.2, 0.25) is 0 Å². The van der Waals surface area contributed by atoms with E-state index in [1.54, 1.807) is 0 Å². The van der Waals surface area contributed by atoms with E-state index in [1.807, 2.05) is 27.7 Å². The van der Waals surface area contributed by atoms with Crippen molar-refractivity contribution in [1.82, 2.24) is 0 Å². The first-order valence-electron chi connectivity index (χ1n) is 12.8. The molecule has 0 bridgehead atoms. The summed E-state index contributed by atoms with van der Waals surface area (Å²) in [6.45, 7) is 20.8. The number of hydrogen-bond acceptors (Lipinski definition) is 4. The summed E-state index contributed by atoms with van der Waals surface area (Å²) in [4.78, 5) is 26.9. The van der Waals surface area contributed by atoms with E-state index in [-0.39, 0.29) is 23.8 Å². The number of unbranched alkanes of at least 4 members (excludes halogenated alkanes) is 2. The first-order chi connectivity index (χ1) is 14.3. The van der Waals surface area contributed by atoms with Crippen molar-refractivity contribution in [2.24, 2.45) is 22.7 Å². The molecule has 0 fully saturated rings. The van der Waals surface area contributed by atoms with Crippen molar-refractivity contribution in [3.63, 3.8) is 0 Å². The molecule has 0 saturated carbocycles. The molecule has 0 radical (unpaired) electrons. The topological polar surface area (TPSA) is 52.6 Å². The third-order valence-corrected chi connectivity index (χ3v) is 16.9. The summed E-state index contributed by atoms with van der Waals surface area (Å²) in [6, 6.07) is 0. The Morgan fingerprint density at radius 3 is 1.26 bits per heavy atom. The summed E-state index contributed by atoms with van der Waals surface area (Å²) < 4.78 is 14.3. The second-order valence-electron chi connectivity index (χ2n) is 10.7. The average Bonchev–Trinajstić information content (AvgIpc) is 2.70. The van der Waals surface area contributed by atoms with Crippen LogP contribution in [0.4, 0.5) is 0 Å². The molecule has 4 nitrogen and oxygen atoms in total. The van der Waals surface area contributed by atoms with Crippen LogP contribution in [0.5, 0.6) is 0 Å². The van der Waals surface area contributed by atoms with Gasteiger partial charge in [-0.25, -0.2) is 0 Å². The van der Waals surface area contributed by atoms with Gasteiger partial charge in [-0.3, -0.25) is 0 Å². The van der Waals surface area contributed by atoms with Crippen LogP contribution < -0.4 is 0 Å². The standard InChI is InChI=1S/2C9H18O2.2C4H9.Sn/c2*1-5-6-7(2)9(3,4)8(10)11;2*1-3-4-2;/h2*7H,5-6H2,1-4H3,(H,10,11);2*1,3-4H2,2H3;/q;;;;+2/p-2. The first kappa shape index (κ1) is 30.7. The molecule has 31 heavy (non-hydrogen) atoms. The van der Waals surface area contributed by atoms with E-state index < -0.39 is 30.0 Å². The SMILES string of the molecule is CCC[CH2][Sn]([CH2]CCC)([O]C(=O)C(C)(C)C(C)CCC)[O]C(=O)C(C)(C)C(C)CCC. The predicted octanol–water partition coefficient (Wildman–Crippen LogP) is 8.04. The maximum absolute atomic E-state index is 13.4. The van der Waals surface area contributed by atoms with Crippen molar-refractivity contribution in [1.29, 1.82) is 0 Å². The molecule has 2 atom stereocenters. The maximum atomic E-state index is 13.4. The molecule has 0 N–H and O–H groups in total. The zero-order valence-corrected chi connectivity index (χ0v) is 25.2. The Morgan fingerprint density at radius 1 is 0.677 bits per heavy atom. The van der Waals surface area contributed by atoms with Gasteiger partial charge >= 0.3 is 199 Å². The molecule has 0 aliphatic heterocycles. The molecule has 0 spiro atoms. The Labute approximate surface area is 198 Å². The van der Waals surface area contributed by atoms with E-state index in [0.29, 0.717) is 0 Å². The van der Waals surface area contributed by atoms with Gasteiger partial charge in [0.25, 0.3) is 0 Å². The van der Waals surface area contributed by atoms with E-state index >= 15 is 0 Å². The Morgan fingerprint density at radius 2 is 1.00 bits per heavy atom. The zero-order chi connectivity index (χ0) is 24.3. The molecule has 5 heteroatoms. The summed E-state index contributed by atoms with van der Waals surface area (Å²) in [7, 11) is 0. The van der Waals surface area contributed by atoms with Gasteiger partial charge < -0.3 is 0 Å². The van der Waals surface area contributed by atoms with Crippen LogP contribution in [-0.2, 0) is 15.7 Å². The molecule has 0 saturated heterocycles. The van der Waals surface area contributed by atoms with Gasteiger partial charge in [-0.1, -0.05) is 0 Å². The van der Waals surface area contributed by atoms with Crippen molar-refractivity contribution >= 4 is 31.1 Å². The van der Waals surface area contributed by atoms with E-state index in [4.69, 9.17) is 6.15 Å². The van der Waals surface area contributed by atoms with Crippen molar-refractivity contribution in [3.05, 3.63) is 0 Å². The van der Waals surface area contributed by atoms with E-state index in [0.717, 1.165) is 60.2 Å². The normalized spacial score (nSPS) is 14.8. The molecule has 0 aromatic carbocycles. The third-order valence-electron chi connectivity index (χ3n) is 7.34. The molecular formula is C26H52O4Sn. The molecule has 0 amide bonds. The number of carbonyl (C=O) groups excluding carboxylic acids is 2. The average molecular weight is 547 g/mol. The molecule has 184 valence electrons. The Balaban J connectivity index is 5.93. The minimum absolute atomic E-state index is 0.163. The monoisotopic (exact) mass is 548 g/mol. The van der Waals surface area contributed by atoms with Crippen LogP contribution in [-0.4, -0.2) is 31.1 Å². The second kappa shape index (κ2) is 14.1. The van der Waals surface area contributed by atoms with Crippen molar-refractivity contribution in [3.8, 4) is 0 Å². The first-order valence-corrected chi connectivity index (χ1v) is 19.2. The summed E-state index contributed by atoms with van der Waals surface area (Å²) in [5.41, 5.74) is -1.15. The van der Waals surface area contributed by atoms with Crippen LogP contribution >= 0.6 is 0 Å². The summed E-state index contributed by atoms with van der Waals surface area (Å²) in [6.07, 6.45) is 7.93. The van der Waals surface area contributed by atoms with Gasteiger partial charge in [0.05, 0.1) is 0 Å². The van der Waals surface area contributed by atoms with Crippen LogP contribution in [0.25, 0.3) is 0 Å². The fourth-order valence-corrected chi connectivity index (χ4v) is 14.4. The number of carbonyl (C=O) groups is 2. The van der Waals surface area contributed by atoms with Crippen LogP contribution in [0.3, 0.4) is 0 Å². The van der Waals surface area contributed by atoms with Gasteiger partial charge in [0, 0.05) is 0 Å². The van der Waals surface area contributed by atoms with E-state index in [2.05, 4.69) is 41.5 Å². The van der Waals surface area contributed by atoms with Gasteiger partial charge in [-0.2, -0.15) is 0 Å². The molecule has 0 rings (SSSR count). The van der Waals surface area contributed by atoms with Crippen LogP contribution in [0, 0.1) is 22.7 Å². The van der Waals surface area contributed by atoms with Gasteiger partial charge in [-0.15, -0.1) is 0 Å². The van der Waals surface area contributed by atoms with Gasteiger partial charge in [-0.05, 0) is 0 Å². The minimum atomic E-state index is -3.97. The summed E-state index contributed by atoms with van der Waals surface area (Å²) in [5, 5.41) is 0. The molecule has 0 aromatic rings. The van der Waals surface area contributed by atoms with Crippen molar-refractivity contribution in [2.45, 2.75) is 129 Å². The van der Waals surface area contributed by atoms with E-state index in [9.17, 15) is 9.59 Å². The Kier molecular flexibility index (Phi) is 14.0. The molecule has 0 aliphatic rings. The molecule has 0 aromatic heterocycles. The zero-order valence-electron chi connectivity index (χ0n) is 22.4. The molecule has 0 aliphatic carbocycles. The Hall–Kier alpha value is -0.261. The van der Waals surface area contributed by atoms with Crippen molar-refractivity contribution in [2.75, 3.05) is 0 Å². The second-order valence-corrected chi connectivity index (χ2v) is 19.9. The fourth-order valence-electron chi connectivity index (χ4n) is 3.83. The molecule has 0 heterocycles. The van der Waals surface area contributed by atoms with Gasteiger partial charge in [0.15, 0.2) is 0 Å². The van der Waals surface area contributed by atoms with Crippen LogP contribution in [0.1, 0.15) is 121 Å². The third kappa shape index (κ3) is 9.25. The van der Waals surface area contributed by atoms with Crippen LogP contribution in [0.15, 0.2) is 0 Å². The number of rotatable bonds is 16. The summed E-state index contributed by atoms with van der Waals surface area (Å²) >= 11 is -3.97. The Bertz CT molecular complexity index is 494. The van der Waals surface area contributed by atoms with Crippen LogP contribution in [0.2, 0.25) is 8.87 Å². The van der Waals surface area contributed by atoms with E-state index in [1.165, 1.54) is 0 Å². The number of hydrogen-bond donors (Lipinski definition) is 0. The van der Waals surface area contributed by atoms with Gasteiger partial charge in [0.1, 0.15) is 0 Å². The predicted molar refractivity (Wildman–Crippen MR) is 133 cm³/mol. The molecule has 2 unspecified atom stereocenters. The molecular weight excluding hydrogens is 495 g/mol. The van der Waals surface area contributed by atoms with Crippen molar-refractivity contribution < 1.29 is 15.7 Å². The fraction of sp³-hybridized carbons (Fsp3) is 0.923. The quantitative estimate of drug-likeness (QED) is 0.184.